The van der Waals surface area contributed by atoms with Gasteiger partial charge in [-0.3, -0.25) is 9.59 Å². The molecule has 0 bridgehead atoms. The van der Waals surface area contributed by atoms with Crippen LogP contribution >= 0.6 is 0 Å². The first-order valence-electron chi connectivity index (χ1n) is 12.5. The molecule has 0 unspecified atom stereocenters. The Labute approximate surface area is 239 Å². The molecule has 0 atom stereocenters. The maximum atomic E-state index is 11.9. The lowest BCUT2D eigenvalue weighted by atomic mass is 9.90. The number of carbonyl (C=O) groups is 6. The largest absolute Gasteiger partial charge is 0.465 e. The molecule has 0 aliphatic heterocycles. The van der Waals surface area contributed by atoms with E-state index in [0.29, 0.717) is 0 Å². The topological polar surface area (TPSA) is 167 Å². The van der Waals surface area contributed by atoms with E-state index >= 15 is 0 Å². The quantitative estimate of drug-likeness (QED) is 0.103. The van der Waals surface area contributed by atoms with Crippen molar-refractivity contribution in [2.75, 3.05) is 52.9 Å². The van der Waals surface area contributed by atoms with Crippen molar-refractivity contribution in [3.63, 3.8) is 0 Å². The zero-order valence-electron chi connectivity index (χ0n) is 23.5. The summed E-state index contributed by atoms with van der Waals surface area (Å²) in [5.41, 5.74) is -2.85. The molecule has 0 saturated carbocycles. The van der Waals surface area contributed by atoms with E-state index in [0.717, 1.165) is 24.3 Å². The number of hydrogen-bond donors (Lipinski definition) is 0. The highest BCUT2D eigenvalue weighted by molar-refractivity contribution is 5.82. The summed E-state index contributed by atoms with van der Waals surface area (Å²) in [5.74, 6) is -4.40. The third-order valence-corrected chi connectivity index (χ3v) is 5.22. The smallest absolute Gasteiger partial charge is 0.330 e. The van der Waals surface area contributed by atoms with Crippen molar-refractivity contribution in [2.24, 2.45) is 10.8 Å². The summed E-state index contributed by atoms with van der Waals surface area (Å²) >= 11 is 0. The molecule has 0 aliphatic carbocycles. The van der Waals surface area contributed by atoms with Crippen molar-refractivity contribution in [1.82, 2.24) is 0 Å². The Kier molecular flexibility index (Phi) is 17.7. The van der Waals surface area contributed by atoms with Crippen molar-refractivity contribution in [3.05, 3.63) is 50.6 Å². The van der Waals surface area contributed by atoms with Gasteiger partial charge in [0.2, 0.25) is 0 Å². The predicted molar refractivity (Wildman–Crippen MR) is 143 cm³/mol. The molecule has 0 N–H and O–H groups in total. The van der Waals surface area contributed by atoms with Gasteiger partial charge >= 0.3 is 35.8 Å². The SMILES string of the molecule is C=CC(=O)OCC(COCC(COC(=O)C=C)(COC(=O)C=C)COC(=O)CC)(COC(=O)C=C)COC(=O)CC. The third kappa shape index (κ3) is 15.2. The van der Waals surface area contributed by atoms with Crippen LogP contribution in [0.3, 0.4) is 0 Å². The number of rotatable bonds is 22. The van der Waals surface area contributed by atoms with Crippen molar-refractivity contribution >= 4 is 35.8 Å². The highest BCUT2D eigenvalue weighted by atomic mass is 16.6. The van der Waals surface area contributed by atoms with Crippen LogP contribution < -0.4 is 0 Å². The molecule has 13 heteroatoms. The Hall–Kier alpha value is -4.26. The number of carbonyl (C=O) groups excluding carboxylic acids is 6. The van der Waals surface area contributed by atoms with Gasteiger partial charge in [0.25, 0.3) is 0 Å². The standard InChI is InChI=1S/C28H38O13/c1-7-21(29)36-15-27(16-37-22(30)8-2,17-38-23(31)9-3)13-35-14-28(18-39-24(32)10-4,19-40-25(33)11-5)20-41-26(34)12-6/h7-8,10-11H,1-2,4-5,9,12-20H2,3,6H3. The Morgan fingerprint density at radius 2 is 0.707 bits per heavy atom. The molecule has 0 radical (unpaired) electrons. The summed E-state index contributed by atoms with van der Waals surface area (Å²) in [7, 11) is 0. The molecule has 0 heterocycles. The first-order chi connectivity index (χ1) is 19.4. The molecule has 0 aromatic carbocycles. The summed E-state index contributed by atoms with van der Waals surface area (Å²) in [4.78, 5) is 71.2. The molecule has 0 aromatic rings. The van der Waals surface area contributed by atoms with Crippen LogP contribution in [0.2, 0.25) is 0 Å². The summed E-state index contributed by atoms with van der Waals surface area (Å²) in [6.45, 7) is 13.2. The second-order valence-corrected chi connectivity index (χ2v) is 8.77. The van der Waals surface area contributed by atoms with Crippen LogP contribution in [0.5, 0.6) is 0 Å². The van der Waals surface area contributed by atoms with E-state index in [1.165, 1.54) is 0 Å². The fourth-order valence-corrected chi connectivity index (χ4v) is 2.79. The maximum absolute atomic E-state index is 11.9. The lowest BCUT2D eigenvalue weighted by Gasteiger charge is -2.35. The van der Waals surface area contributed by atoms with Gasteiger partial charge in [-0.05, 0) is 0 Å². The summed E-state index contributed by atoms with van der Waals surface area (Å²) in [5, 5.41) is 0. The molecule has 0 rings (SSSR count). The zero-order chi connectivity index (χ0) is 31.3. The summed E-state index contributed by atoms with van der Waals surface area (Å²) < 4.78 is 37.2. The minimum absolute atomic E-state index is 0.0328. The highest BCUT2D eigenvalue weighted by Crippen LogP contribution is 2.26. The van der Waals surface area contributed by atoms with Crippen molar-refractivity contribution < 1.29 is 61.9 Å². The second-order valence-electron chi connectivity index (χ2n) is 8.77. The average Bonchev–Trinajstić information content (AvgIpc) is 3.00. The van der Waals surface area contributed by atoms with E-state index < -0.39 is 86.3 Å². The lowest BCUT2D eigenvalue weighted by molar-refractivity contribution is -0.171. The Bertz CT molecular complexity index is 842. The fourth-order valence-electron chi connectivity index (χ4n) is 2.79. The number of esters is 6. The Morgan fingerprint density at radius 3 is 0.927 bits per heavy atom. The van der Waals surface area contributed by atoms with Gasteiger partial charge in [-0.15, -0.1) is 0 Å². The first kappa shape index (κ1) is 36.7. The average molecular weight is 583 g/mol. The summed E-state index contributed by atoms with van der Waals surface area (Å²) in [6.07, 6.45) is 3.71. The van der Waals surface area contributed by atoms with Crippen LogP contribution in [-0.2, 0) is 61.9 Å². The van der Waals surface area contributed by atoms with E-state index in [2.05, 4.69) is 26.3 Å². The van der Waals surface area contributed by atoms with E-state index in [1.807, 2.05) is 0 Å². The molecular formula is C28H38O13. The molecule has 0 amide bonds. The number of ether oxygens (including phenoxy) is 7. The van der Waals surface area contributed by atoms with E-state index in [4.69, 9.17) is 33.2 Å². The molecule has 0 saturated heterocycles. The van der Waals surface area contributed by atoms with Gasteiger partial charge in [0.15, 0.2) is 0 Å². The van der Waals surface area contributed by atoms with Gasteiger partial charge in [0.1, 0.15) is 39.6 Å². The molecule has 0 fully saturated rings. The van der Waals surface area contributed by atoms with Crippen LogP contribution in [0.4, 0.5) is 0 Å². The molecule has 228 valence electrons. The van der Waals surface area contributed by atoms with Crippen molar-refractivity contribution in [3.8, 4) is 0 Å². The second kappa shape index (κ2) is 19.7. The number of hydrogen-bond acceptors (Lipinski definition) is 13. The van der Waals surface area contributed by atoms with Crippen LogP contribution in [0, 0.1) is 10.8 Å². The van der Waals surface area contributed by atoms with Crippen molar-refractivity contribution in [1.29, 1.82) is 0 Å². The molecule has 0 aliphatic rings. The molecular weight excluding hydrogens is 544 g/mol. The lowest BCUT2D eigenvalue weighted by Crippen LogP contribution is -2.47. The van der Waals surface area contributed by atoms with Gasteiger partial charge in [-0.1, -0.05) is 40.2 Å². The molecule has 13 nitrogen and oxygen atoms in total. The minimum atomic E-state index is -1.43. The van der Waals surface area contributed by atoms with Crippen LogP contribution in [0.1, 0.15) is 26.7 Å². The third-order valence-electron chi connectivity index (χ3n) is 5.22. The fraction of sp³-hybridized carbons (Fsp3) is 0.500. The summed E-state index contributed by atoms with van der Waals surface area (Å²) in [6, 6.07) is 0. The maximum Gasteiger partial charge on any atom is 0.330 e. The van der Waals surface area contributed by atoms with E-state index in [-0.39, 0.29) is 26.1 Å². The van der Waals surface area contributed by atoms with Gasteiger partial charge in [-0.2, -0.15) is 0 Å². The predicted octanol–water partition coefficient (Wildman–Crippen LogP) is 1.80. The van der Waals surface area contributed by atoms with Crippen LogP contribution in [0.25, 0.3) is 0 Å². The molecule has 41 heavy (non-hydrogen) atoms. The van der Waals surface area contributed by atoms with Crippen molar-refractivity contribution in [2.45, 2.75) is 26.7 Å². The normalized spacial score (nSPS) is 10.8. The van der Waals surface area contributed by atoms with Gasteiger partial charge in [0, 0.05) is 37.1 Å². The Morgan fingerprint density at radius 1 is 0.463 bits per heavy atom. The van der Waals surface area contributed by atoms with E-state index in [1.54, 1.807) is 13.8 Å². The minimum Gasteiger partial charge on any atom is -0.465 e. The molecule has 0 aromatic heterocycles. The monoisotopic (exact) mass is 582 g/mol. The van der Waals surface area contributed by atoms with E-state index in [9.17, 15) is 28.8 Å². The Balaban J connectivity index is 6.27. The van der Waals surface area contributed by atoms with Gasteiger partial charge in [0.05, 0.1) is 24.0 Å². The van der Waals surface area contributed by atoms with Crippen LogP contribution in [0.15, 0.2) is 50.6 Å². The van der Waals surface area contributed by atoms with Crippen LogP contribution in [-0.4, -0.2) is 88.7 Å². The molecule has 0 spiro atoms. The van der Waals surface area contributed by atoms with Gasteiger partial charge < -0.3 is 33.2 Å². The zero-order valence-corrected chi connectivity index (χ0v) is 23.5. The highest BCUT2D eigenvalue weighted by Gasteiger charge is 2.40. The first-order valence-corrected chi connectivity index (χ1v) is 12.5. The van der Waals surface area contributed by atoms with Gasteiger partial charge in [-0.25, -0.2) is 19.2 Å².